The first kappa shape index (κ1) is 24.6. The Morgan fingerprint density at radius 1 is 1.06 bits per heavy atom. The molecule has 0 radical (unpaired) electrons. The summed E-state index contributed by atoms with van der Waals surface area (Å²) in [5.74, 6) is -5.84. The van der Waals surface area contributed by atoms with Gasteiger partial charge in [-0.1, -0.05) is 62.4 Å². The lowest BCUT2D eigenvalue weighted by molar-refractivity contribution is -0.151. The topological polar surface area (TPSA) is 95.9 Å². The zero-order valence-electron chi connectivity index (χ0n) is 19.6. The predicted octanol–water partition coefficient (Wildman–Crippen LogP) is 4.40. The number of hydrogen-bond acceptors (Lipinski definition) is 4. The number of benzene rings is 2. The van der Waals surface area contributed by atoms with E-state index >= 15 is 0 Å². The van der Waals surface area contributed by atoms with Crippen LogP contribution in [0.15, 0.2) is 48.5 Å². The van der Waals surface area contributed by atoms with Crippen molar-refractivity contribution in [3.63, 3.8) is 0 Å². The number of rotatable bonds is 7. The lowest BCUT2D eigenvalue weighted by Gasteiger charge is -2.36. The molecule has 0 spiro atoms. The van der Waals surface area contributed by atoms with Crippen LogP contribution in [0, 0.1) is 0 Å². The van der Waals surface area contributed by atoms with E-state index in [-0.39, 0.29) is 25.4 Å². The van der Waals surface area contributed by atoms with Crippen molar-refractivity contribution in [1.29, 1.82) is 0 Å². The van der Waals surface area contributed by atoms with Crippen molar-refractivity contribution in [2.75, 3.05) is 13.2 Å². The van der Waals surface area contributed by atoms with Gasteiger partial charge >= 0.3 is 12.1 Å². The normalized spacial score (nSPS) is 18.6. The number of likely N-dealkylation sites (tertiary alicyclic amines) is 1. The van der Waals surface area contributed by atoms with E-state index in [1.54, 1.807) is 13.8 Å². The summed E-state index contributed by atoms with van der Waals surface area (Å²) in [7, 11) is 0. The number of aliphatic carboxylic acids is 1. The number of alkyl carbamates (subject to hydrolysis) is 1. The number of carboxylic acids is 1. The highest BCUT2D eigenvalue weighted by atomic mass is 19.3. The first-order valence-corrected chi connectivity index (χ1v) is 11.7. The highest BCUT2D eigenvalue weighted by Crippen LogP contribution is 2.44. The number of alkyl halides is 2. The maximum absolute atomic E-state index is 14.0. The summed E-state index contributed by atoms with van der Waals surface area (Å²) in [6, 6.07) is 14.0. The van der Waals surface area contributed by atoms with Gasteiger partial charge in [0.1, 0.15) is 18.2 Å². The summed E-state index contributed by atoms with van der Waals surface area (Å²) in [4.78, 5) is 38.4. The average molecular weight is 487 g/mol. The van der Waals surface area contributed by atoms with E-state index in [1.807, 2.05) is 48.5 Å². The Labute approximate surface area is 202 Å². The molecule has 1 heterocycles. The van der Waals surface area contributed by atoms with Crippen LogP contribution in [-0.4, -0.2) is 58.6 Å². The minimum Gasteiger partial charge on any atom is -0.480 e. The van der Waals surface area contributed by atoms with Crippen molar-refractivity contribution in [2.24, 2.45) is 0 Å². The molecule has 1 atom stereocenters. The summed E-state index contributed by atoms with van der Waals surface area (Å²) in [6.45, 7) is 2.29. The van der Waals surface area contributed by atoms with Gasteiger partial charge in [0.2, 0.25) is 5.91 Å². The van der Waals surface area contributed by atoms with Crippen molar-refractivity contribution in [2.45, 2.75) is 56.5 Å². The highest BCUT2D eigenvalue weighted by molar-refractivity contribution is 5.93. The van der Waals surface area contributed by atoms with Gasteiger partial charge in [-0.15, -0.1) is 0 Å². The second kappa shape index (κ2) is 9.28. The van der Waals surface area contributed by atoms with Gasteiger partial charge in [-0.3, -0.25) is 4.79 Å². The second-order valence-electron chi connectivity index (χ2n) is 9.09. The fourth-order valence-electron chi connectivity index (χ4n) is 5.14. The number of fused-ring (bicyclic) bond motifs is 3. The summed E-state index contributed by atoms with van der Waals surface area (Å²) < 4.78 is 33.5. The van der Waals surface area contributed by atoms with Crippen LogP contribution in [0.1, 0.15) is 50.2 Å². The molecular weight excluding hydrogens is 458 g/mol. The van der Waals surface area contributed by atoms with Gasteiger partial charge in [0, 0.05) is 12.3 Å². The van der Waals surface area contributed by atoms with E-state index in [4.69, 9.17) is 4.74 Å². The smallest absolute Gasteiger partial charge is 0.408 e. The van der Waals surface area contributed by atoms with Gasteiger partial charge in [-0.05, 0) is 35.1 Å². The number of ether oxygens (including phenoxy) is 1. The van der Waals surface area contributed by atoms with Crippen LogP contribution in [0.2, 0.25) is 0 Å². The Bertz CT molecular complexity index is 1100. The Morgan fingerprint density at radius 3 is 2.11 bits per heavy atom. The maximum atomic E-state index is 14.0. The Balaban J connectivity index is 1.50. The van der Waals surface area contributed by atoms with Gasteiger partial charge in [-0.2, -0.15) is 0 Å². The molecule has 35 heavy (non-hydrogen) atoms. The van der Waals surface area contributed by atoms with Crippen molar-refractivity contribution in [3.8, 4) is 11.1 Å². The van der Waals surface area contributed by atoms with Crippen LogP contribution in [-0.2, 0) is 14.3 Å². The summed E-state index contributed by atoms with van der Waals surface area (Å²) in [6.07, 6.45) is -1.65. The number of carbonyl (C=O) groups is 3. The number of nitrogens with zero attached hydrogens (tertiary/aromatic N) is 1. The van der Waals surface area contributed by atoms with Crippen LogP contribution in [0.5, 0.6) is 0 Å². The molecule has 186 valence electrons. The van der Waals surface area contributed by atoms with E-state index in [1.165, 1.54) is 0 Å². The number of carbonyl (C=O) groups excluding carboxylic acids is 2. The van der Waals surface area contributed by atoms with Crippen LogP contribution in [0.4, 0.5) is 13.6 Å². The molecule has 2 N–H and O–H groups in total. The minimum absolute atomic E-state index is 0.0249. The highest BCUT2D eigenvalue weighted by Gasteiger charge is 2.54. The molecule has 9 heteroatoms. The molecule has 0 saturated carbocycles. The molecule has 1 saturated heterocycles. The third kappa shape index (κ3) is 4.47. The zero-order chi connectivity index (χ0) is 25.4. The van der Waals surface area contributed by atoms with E-state index in [2.05, 4.69) is 5.32 Å². The molecular formula is C26H28F2N2O5. The maximum Gasteiger partial charge on any atom is 0.408 e. The molecule has 2 aromatic rings. The third-order valence-corrected chi connectivity index (χ3v) is 7.12. The largest absolute Gasteiger partial charge is 0.480 e. The SMILES string of the molecule is CCC(CC)(NC(=O)OCC1c2ccccc2-c2ccccc21)C(=O)N1CC(F)(F)C[C@@H]1C(=O)O. The summed E-state index contributed by atoms with van der Waals surface area (Å²) in [5.41, 5.74) is 2.63. The van der Waals surface area contributed by atoms with Gasteiger partial charge in [0.15, 0.2) is 0 Å². The van der Waals surface area contributed by atoms with Crippen molar-refractivity contribution < 1.29 is 33.0 Å². The third-order valence-electron chi connectivity index (χ3n) is 7.12. The van der Waals surface area contributed by atoms with Crippen molar-refractivity contribution >= 4 is 18.0 Å². The number of halogens is 2. The summed E-state index contributed by atoms with van der Waals surface area (Å²) in [5, 5.41) is 12.0. The molecule has 2 aliphatic rings. The van der Waals surface area contributed by atoms with Crippen molar-refractivity contribution in [3.05, 3.63) is 59.7 Å². The van der Waals surface area contributed by atoms with E-state index in [0.717, 1.165) is 22.3 Å². The van der Waals surface area contributed by atoms with Gasteiger partial charge in [0.25, 0.3) is 5.92 Å². The minimum atomic E-state index is -3.31. The van der Waals surface area contributed by atoms with E-state index in [9.17, 15) is 28.3 Å². The first-order chi connectivity index (χ1) is 16.6. The number of nitrogens with one attached hydrogen (secondary N) is 1. The van der Waals surface area contributed by atoms with Crippen LogP contribution in [0.3, 0.4) is 0 Å². The summed E-state index contributed by atoms with van der Waals surface area (Å²) >= 11 is 0. The molecule has 4 rings (SSSR count). The fraction of sp³-hybridized carbons (Fsp3) is 0.423. The standard InChI is InChI=1S/C26H28F2N2O5/c1-3-25(4-2,23(33)30-15-26(27,28)13-21(30)22(31)32)29-24(34)35-14-20-18-11-7-5-9-16(18)17-10-6-8-12-19(17)20/h5-12,20-21H,3-4,13-15H2,1-2H3,(H,29,34)(H,31,32)/t21-/m1/s1. The van der Waals surface area contributed by atoms with E-state index < -0.39 is 48.4 Å². The first-order valence-electron chi connectivity index (χ1n) is 11.7. The molecule has 1 fully saturated rings. The average Bonchev–Trinajstić information content (AvgIpc) is 3.35. The molecule has 2 amide bonds. The molecule has 0 aromatic heterocycles. The molecule has 1 aliphatic carbocycles. The van der Waals surface area contributed by atoms with Crippen LogP contribution in [0.25, 0.3) is 11.1 Å². The fourth-order valence-corrected chi connectivity index (χ4v) is 5.14. The quantitative estimate of drug-likeness (QED) is 0.605. The van der Waals surface area contributed by atoms with E-state index in [0.29, 0.717) is 4.90 Å². The zero-order valence-corrected chi connectivity index (χ0v) is 19.6. The Morgan fingerprint density at radius 2 is 1.60 bits per heavy atom. The lowest BCUT2D eigenvalue weighted by Crippen LogP contribution is -2.61. The van der Waals surface area contributed by atoms with Crippen LogP contribution < -0.4 is 5.32 Å². The lowest BCUT2D eigenvalue weighted by atomic mass is 9.90. The Kier molecular flexibility index (Phi) is 6.53. The molecule has 7 nitrogen and oxygen atoms in total. The van der Waals surface area contributed by atoms with Crippen molar-refractivity contribution in [1.82, 2.24) is 10.2 Å². The van der Waals surface area contributed by atoms with Crippen LogP contribution >= 0.6 is 0 Å². The molecule has 1 aliphatic heterocycles. The number of hydrogen-bond donors (Lipinski definition) is 2. The monoisotopic (exact) mass is 486 g/mol. The Hall–Kier alpha value is -3.49. The number of carboxylic acid groups (broad SMARTS) is 1. The second-order valence-corrected chi connectivity index (χ2v) is 9.09. The number of amides is 2. The van der Waals surface area contributed by atoms with Gasteiger partial charge in [-0.25, -0.2) is 18.4 Å². The molecule has 0 unspecified atom stereocenters. The predicted molar refractivity (Wildman–Crippen MR) is 124 cm³/mol. The molecule has 0 bridgehead atoms. The van der Waals surface area contributed by atoms with Gasteiger partial charge in [0.05, 0.1) is 6.54 Å². The van der Waals surface area contributed by atoms with Gasteiger partial charge < -0.3 is 20.1 Å². The molecule has 2 aromatic carbocycles.